The molecule has 32 heavy (non-hydrogen) atoms. The highest BCUT2D eigenvalue weighted by atomic mass is 16.7. The van der Waals surface area contributed by atoms with Crippen molar-refractivity contribution in [3.8, 4) is 0 Å². The second kappa shape index (κ2) is 9.44. The number of hydrogen-bond donors (Lipinski definition) is 0. The Morgan fingerprint density at radius 2 is 1.66 bits per heavy atom. The van der Waals surface area contributed by atoms with E-state index in [0.29, 0.717) is 13.2 Å². The van der Waals surface area contributed by atoms with Gasteiger partial charge in [-0.2, -0.15) is 0 Å². The number of aryl methyl sites for hydroxylation is 1. The maximum Gasteiger partial charge on any atom is 0.183 e. The predicted molar refractivity (Wildman–Crippen MR) is 133 cm³/mol. The SMILES string of the molecule is CCOC(OCC)c1ccc(Cc2cccc3ccc4c(c23)CCC2=C4C=CCC2)cc1. The lowest BCUT2D eigenvalue weighted by atomic mass is 9.78. The van der Waals surface area contributed by atoms with Crippen molar-refractivity contribution in [3.05, 3.63) is 100 Å². The van der Waals surface area contributed by atoms with Gasteiger partial charge in [-0.25, -0.2) is 0 Å². The summed E-state index contributed by atoms with van der Waals surface area (Å²) in [7, 11) is 0. The summed E-state index contributed by atoms with van der Waals surface area (Å²) in [5.74, 6) is 0. The largest absolute Gasteiger partial charge is 0.349 e. The minimum absolute atomic E-state index is 0.283. The topological polar surface area (TPSA) is 18.5 Å². The molecule has 0 fully saturated rings. The molecule has 0 N–H and O–H groups in total. The van der Waals surface area contributed by atoms with E-state index in [4.69, 9.17) is 9.47 Å². The lowest BCUT2D eigenvalue weighted by molar-refractivity contribution is -0.140. The molecule has 0 bridgehead atoms. The average molecular weight is 425 g/mol. The summed E-state index contributed by atoms with van der Waals surface area (Å²) < 4.78 is 11.5. The molecule has 3 aromatic rings. The molecule has 0 saturated carbocycles. The van der Waals surface area contributed by atoms with E-state index in [1.165, 1.54) is 57.9 Å². The molecule has 0 spiro atoms. The maximum absolute atomic E-state index is 5.76. The van der Waals surface area contributed by atoms with Gasteiger partial charge in [0.25, 0.3) is 0 Å². The van der Waals surface area contributed by atoms with E-state index < -0.39 is 0 Å². The molecule has 2 nitrogen and oxygen atoms in total. The van der Waals surface area contributed by atoms with Gasteiger partial charge in [0, 0.05) is 18.8 Å². The summed E-state index contributed by atoms with van der Waals surface area (Å²) in [5, 5.41) is 2.82. The van der Waals surface area contributed by atoms with Crippen LogP contribution in [0.15, 0.2) is 72.3 Å². The zero-order chi connectivity index (χ0) is 21.9. The normalized spacial score (nSPS) is 15.3. The standard InChI is InChI=1S/C30H32O2/c1-3-31-30(32-4-2)24-14-12-21(13-15-24)20-25-10-7-9-23-17-18-27-26-11-6-5-8-22(26)16-19-28(27)29(23)25/h6-7,9-15,17-18,30H,3-5,8,16,19-20H2,1-2H3. The first-order valence-corrected chi connectivity index (χ1v) is 12.0. The summed E-state index contributed by atoms with van der Waals surface area (Å²) in [4.78, 5) is 0. The monoisotopic (exact) mass is 424 g/mol. The Kier molecular flexibility index (Phi) is 6.25. The van der Waals surface area contributed by atoms with Gasteiger partial charge in [-0.1, -0.05) is 72.3 Å². The smallest absolute Gasteiger partial charge is 0.183 e. The van der Waals surface area contributed by atoms with Gasteiger partial charge in [0.05, 0.1) is 0 Å². The van der Waals surface area contributed by atoms with E-state index in [-0.39, 0.29) is 6.29 Å². The Bertz CT molecular complexity index is 1160. The number of hydrogen-bond acceptors (Lipinski definition) is 2. The Morgan fingerprint density at radius 1 is 0.844 bits per heavy atom. The van der Waals surface area contributed by atoms with Crippen LogP contribution in [0.25, 0.3) is 16.3 Å². The lowest BCUT2D eigenvalue weighted by Crippen LogP contribution is -2.09. The minimum atomic E-state index is -0.283. The Balaban J connectivity index is 1.49. The van der Waals surface area contributed by atoms with Crippen LogP contribution in [0.5, 0.6) is 0 Å². The van der Waals surface area contributed by atoms with Crippen LogP contribution in [-0.4, -0.2) is 13.2 Å². The molecule has 0 aliphatic heterocycles. The zero-order valence-corrected chi connectivity index (χ0v) is 19.2. The quantitative estimate of drug-likeness (QED) is 0.365. The molecule has 0 heterocycles. The predicted octanol–water partition coefficient (Wildman–Crippen LogP) is 7.55. The molecule has 0 aromatic heterocycles. The van der Waals surface area contributed by atoms with E-state index in [2.05, 4.69) is 66.7 Å². The summed E-state index contributed by atoms with van der Waals surface area (Å²) in [5.41, 5.74) is 9.93. The van der Waals surface area contributed by atoms with Crippen LogP contribution in [0.2, 0.25) is 0 Å². The fraction of sp³-hybridized carbons (Fsp3) is 0.333. The van der Waals surface area contributed by atoms with Crippen LogP contribution >= 0.6 is 0 Å². The molecular formula is C30H32O2. The molecule has 3 aromatic carbocycles. The van der Waals surface area contributed by atoms with Crippen molar-refractivity contribution >= 4 is 16.3 Å². The maximum atomic E-state index is 5.76. The number of rotatable bonds is 7. The van der Waals surface area contributed by atoms with E-state index >= 15 is 0 Å². The first kappa shape index (κ1) is 21.2. The van der Waals surface area contributed by atoms with Crippen LogP contribution < -0.4 is 0 Å². The van der Waals surface area contributed by atoms with Crippen molar-refractivity contribution in [2.24, 2.45) is 0 Å². The highest BCUT2D eigenvalue weighted by molar-refractivity contribution is 5.96. The molecule has 0 atom stereocenters. The molecule has 0 amide bonds. The Morgan fingerprint density at radius 3 is 2.44 bits per heavy atom. The average Bonchev–Trinajstić information content (AvgIpc) is 2.84. The van der Waals surface area contributed by atoms with Gasteiger partial charge in [-0.15, -0.1) is 0 Å². The molecule has 2 aliphatic carbocycles. The van der Waals surface area contributed by atoms with E-state index in [9.17, 15) is 0 Å². The highest BCUT2D eigenvalue weighted by Crippen LogP contribution is 2.41. The first-order chi connectivity index (χ1) is 15.8. The molecule has 0 saturated heterocycles. The molecule has 5 rings (SSSR count). The molecule has 164 valence electrons. The van der Waals surface area contributed by atoms with Crippen molar-refractivity contribution < 1.29 is 9.47 Å². The van der Waals surface area contributed by atoms with Crippen molar-refractivity contribution in [2.45, 2.75) is 52.2 Å². The van der Waals surface area contributed by atoms with Gasteiger partial charge in [0.2, 0.25) is 0 Å². The number of ether oxygens (including phenoxy) is 2. The number of fused-ring (bicyclic) bond motifs is 4. The molecule has 0 radical (unpaired) electrons. The van der Waals surface area contributed by atoms with E-state index in [1.807, 2.05) is 13.8 Å². The Labute approximate surface area is 191 Å². The van der Waals surface area contributed by atoms with Gasteiger partial charge in [0.1, 0.15) is 0 Å². The second-order valence-electron chi connectivity index (χ2n) is 8.73. The molecule has 0 unspecified atom stereocenters. The van der Waals surface area contributed by atoms with Gasteiger partial charge in [-0.3, -0.25) is 0 Å². The fourth-order valence-electron chi connectivity index (χ4n) is 5.28. The van der Waals surface area contributed by atoms with Gasteiger partial charge in [0.15, 0.2) is 6.29 Å². The third-order valence-corrected chi connectivity index (χ3v) is 6.77. The Hall–Kier alpha value is -2.68. The van der Waals surface area contributed by atoms with E-state index in [0.717, 1.165) is 18.4 Å². The molecule has 2 heteroatoms. The van der Waals surface area contributed by atoms with Crippen LogP contribution in [-0.2, 0) is 22.3 Å². The number of allylic oxidation sites excluding steroid dienone is 4. The van der Waals surface area contributed by atoms with Gasteiger partial charge in [-0.05, 0) is 84.6 Å². The molecular weight excluding hydrogens is 392 g/mol. The lowest BCUT2D eigenvalue weighted by Gasteiger charge is -2.26. The van der Waals surface area contributed by atoms with Gasteiger partial charge >= 0.3 is 0 Å². The zero-order valence-electron chi connectivity index (χ0n) is 19.2. The van der Waals surface area contributed by atoms with Gasteiger partial charge < -0.3 is 9.47 Å². The molecule has 2 aliphatic rings. The summed E-state index contributed by atoms with van der Waals surface area (Å²) in [6.07, 6.45) is 10.1. The number of benzene rings is 3. The van der Waals surface area contributed by atoms with E-state index in [1.54, 1.807) is 5.57 Å². The second-order valence-corrected chi connectivity index (χ2v) is 8.73. The fourth-order valence-corrected chi connectivity index (χ4v) is 5.28. The first-order valence-electron chi connectivity index (χ1n) is 12.0. The third kappa shape index (κ3) is 4.05. The highest BCUT2D eigenvalue weighted by Gasteiger charge is 2.21. The van der Waals surface area contributed by atoms with Crippen LogP contribution in [0.4, 0.5) is 0 Å². The third-order valence-electron chi connectivity index (χ3n) is 6.77. The van der Waals surface area contributed by atoms with Crippen molar-refractivity contribution in [1.82, 2.24) is 0 Å². The van der Waals surface area contributed by atoms with Crippen molar-refractivity contribution in [3.63, 3.8) is 0 Å². The van der Waals surface area contributed by atoms with Crippen LogP contribution in [0, 0.1) is 0 Å². The van der Waals surface area contributed by atoms with Crippen molar-refractivity contribution in [1.29, 1.82) is 0 Å². The minimum Gasteiger partial charge on any atom is -0.349 e. The summed E-state index contributed by atoms with van der Waals surface area (Å²) >= 11 is 0. The van der Waals surface area contributed by atoms with Crippen molar-refractivity contribution in [2.75, 3.05) is 13.2 Å². The van der Waals surface area contributed by atoms with Crippen LogP contribution in [0.3, 0.4) is 0 Å². The van der Waals surface area contributed by atoms with Crippen LogP contribution in [0.1, 0.15) is 67.2 Å². The summed E-state index contributed by atoms with van der Waals surface area (Å²) in [6.45, 7) is 5.29. The summed E-state index contributed by atoms with van der Waals surface area (Å²) in [6, 6.07) is 20.2.